The highest BCUT2D eigenvalue weighted by Crippen LogP contribution is 2.18. The van der Waals surface area contributed by atoms with Gasteiger partial charge in [0.2, 0.25) is 0 Å². The van der Waals surface area contributed by atoms with Gasteiger partial charge in [0, 0.05) is 19.8 Å². The van der Waals surface area contributed by atoms with Crippen molar-refractivity contribution < 1.29 is 4.39 Å². The zero-order valence-corrected chi connectivity index (χ0v) is 11.2. The van der Waals surface area contributed by atoms with Crippen LogP contribution >= 0.6 is 0 Å². The summed E-state index contributed by atoms with van der Waals surface area (Å²) in [6, 6.07) is 10.8. The third-order valence-electron chi connectivity index (χ3n) is 2.93. The summed E-state index contributed by atoms with van der Waals surface area (Å²) in [4.78, 5) is 6.24. The Morgan fingerprint density at radius 1 is 1.21 bits per heavy atom. The Kier molecular flexibility index (Phi) is 4.47. The van der Waals surface area contributed by atoms with Gasteiger partial charge in [-0.2, -0.15) is 0 Å². The average molecular weight is 259 g/mol. The molecule has 3 nitrogen and oxygen atoms in total. The maximum absolute atomic E-state index is 13.6. The van der Waals surface area contributed by atoms with Crippen LogP contribution in [0.25, 0.3) is 0 Å². The lowest BCUT2D eigenvalue weighted by Crippen LogP contribution is -2.18. The van der Waals surface area contributed by atoms with Gasteiger partial charge < -0.3 is 10.2 Å². The minimum absolute atomic E-state index is 0.211. The van der Waals surface area contributed by atoms with Gasteiger partial charge in [0.15, 0.2) is 0 Å². The number of hydrogen-bond acceptors (Lipinski definition) is 3. The summed E-state index contributed by atoms with van der Waals surface area (Å²) in [5.74, 6) is -0.211. The lowest BCUT2D eigenvalue weighted by atomic mass is 10.2. The van der Waals surface area contributed by atoms with Crippen LogP contribution in [0.15, 0.2) is 42.6 Å². The molecule has 0 saturated heterocycles. The predicted molar refractivity (Wildman–Crippen MR) is 75.5 cm³/mol. The molecule has 0 fully saturated rings. The van der Waals surface area contributed by atoms with Crippen LogP contribution in [0.5, 0.6) is 0 Å². The highest BCUT2D eigenvalue weighted by molar-refractivity contribution is 5.46. The molecule has 0 aliphatic rings. The van der Waals surface area contributed by atoms with E-state index in [9.17, 15) is 4.39 Å². The molecule has 0 saturated carbocycles. The number of nitrogens with one attached hydrogen (secondary N) is 1. The number of halogens is 1. The van der Waals surface area contributed by atoms with Crippen LogP contribution in [0.1, 0.15) is 11.3 Å². The zero-order valence-electron chi connectivity index (χ0n) is 11.2. The van der Waals surface area contributed by atoms with Crippen LogP contribution in [0, 0.1) is 5.82 Å². The molecule has 0 atom stereocenters. The molecule has 2 aromatic rings. The fourth-order valence-electron chi connectivity index (χ4n) is 1.95. The van der Waals surface area contributed by atoms with Crippen LogP contribution in [0.3, 0.4) is 0 Å². The van der Waals surface area contributed by atoms with Crippen LogP contribution in [0.4, 0.5) is 10.1 Å². The van der Waals surface area contributed by atoms with Crippen LogP contribution in [0.2, 0.25) is 0 Å². The average Bonchev–Trinajstić information content (AvgIpc) is 2.42. The third-order valence-corrected chi connectivity index (χ3v) is 2.93. The van der Waals surface area contributed by atoms with Crippen molar-refractivity contribution in [3.05, 3.63) is 59.7 Å². The number of hydrogen-bond donors (Lipinski definition) is 1. The Balaban J connectivity index is 2.06. The molecular formula is C15H18FN3. The molecule has 0 unspecified atom stereocenters. The summed E-state index contributed by atoms with van der Waals surface area (Å²) in [5, 5.41) is 3.08. The van der Waals surface area contributed by atoms with Gasteiger partial charge in [-0.3, -0.25) is 4.98 Å². The van der Waals surface area contributed by atoms with Gasteiger partial charge in [0.1, 0.15) is 5.82 Å². The second-order valence-electron chi connectivity index (χ2n) is 4.50. The summed E-state index contributed by atoms with van der Waals surface area (Å²) in [5.41, 5.74) is 2.65. The number of pyridine rings is 1. The molecule has 0 aliphatic carbocycles. The van der Waals surface area contributed by atoms with E-state index >= 15 is 0 Å². The topological polar surface area (TPSA) is 28.2 Å². The Morgan fingerprint density at radius 3 is 2.63 bits per heavy atom. The Labute approximate surface area is 113 Å². The van der Waals surface area contributed by atoms with Gasteiger partial charge >= 0.3 is 0 Å². The van der Waals surface area contributed by atoms with E-state index in [1.54, 1.807) is 12.1 Å². The van der Waals surface area contributed by atoms with Crippen molar-refractivity contribution in [3.63, 3.8) is 0 Å². The number of anilines is 1. The van der Waals surface area contributed by atoms with Gasteiger partial charge in [-0.1, -0.05) is 18.2 Å². The predicted octanol–water partition coefficient (Wildman–Crippen LogP) is 2.58. The Morgan fingerprint density at radius 2 is 2.00 bits per heavy atom. The van der Waals surface area contributed by atoms with Crippen LogP contribution in [-0.2, 0) is 13.1 Å². The van der Waals surface area contributed by atoms with Gasteiger partial charge in [-0.15, -0.1) is 0 Å². The largest absolute Gasteiger partial charge is 0.366 e. The monoisotopic (exact) mass is 259 g/mol. The molecule has 0 amide bonds. The lowest BCUT2D eigenvalue weighted by Gasteiger charge is -2.19. The lowest BCUT2D eigenvalue weighted by molar-refractivity contribution is 0.621. The van der Waals surface area contributed by atoms with E-state index in [0.717, 1.165) is 17.8 Å². The van der Waals surface area contributed by atoms with E-state index in [1.807, 2.05) is 43.4 Å². The maximum atomic E-state index is 13.6. The molecule has 1 aromatic heterocycles. The highest BCUT2D eigenvalue weighted by Gasteiger charge is 2.07. The van der Waals surface area contributed by atoms with Gasteiger partial charge in [-0.05, 0) is 30.8 Å². The second-order valence-corrected chi connectivity index (χ2v) is 4.50. The molecule has 1 heterocycles. The normalized spacial score (nSPS) is 10.5. The molecule has 0 spiro atoms. The van der Waals surface area contributed by atoms with E-state index in [-0.39, 0.29) is 5.82 Å². The van der Waals surface area contributed by atoms with Gasteiger partial charge in [-0.25, -0.2) is 4.39 Å². The standard InChI is InChI=1S/C15H18FN3/c1-17-9-12-7-8-13(18-10-12)11-19(2)15-6-4-3-5-14(15)16/h3-8,10,17H,9,11H2,1-2H3. The van der Waals surface area contributed by atoms with E-state index in [1.165, 1.54) is 6.07 Å². The number of nitrogens with zero attached hydrogens (tertiary/aromatic N) is 2. The van der Waals surface area contributed by atoms with Crippen LogP contribution < -0.4 is 10.2 Å². The molecule has 4 heteroatoms. The van der Waals surface area contributed by atoms with Crippen molar-refractivity contribution >= 4 is 5.69 Å². The fraction of sp³-hybridized carbons (Fsp3) is 0.267. The molecule has 1 N–H and O–H groups in total. The third kappa shape index (κ3) is 3.51. The molecule has 100 valence electrons. The summed E-state index contributed by atoms with van der Waals surface area (Å²) in [6.07, 6.45) is 1.85. The minimum Gasteiger partial charge on any atom is -0.366 e. The van der Waals surface area contributed by atoms with Crippen molar-refractivity contribution in [2.24, 2.45) is 0 Å². The molecule has 0 bridgehead atoms. The molecular weight excluding hydrogens is 241 g/mol. The van der Waals surface area contributed by atoms with E-state index in [4.69, 9.17) is 0 Å². The van der Waals surface area contributed by atoms with Crippen LogP contribution in [-0.4, -0.2) is 19.1 Å². The number of rotatable bonds is 5. The van der Waals surface area contributed by atoms with Crippen molar-refractivity contribution in [3.8, 4) is 0 Å². The van der Waals surface area contributed by atoms with E-state index in [2.05, 4.69) is 10.3 Å². The van der Waals surface area contributed by atoms with E-state index < -0.39 is 0 Å². The highest BCUT2D eigenvalue weighted by atomic mass is 19.1. The smallest absolute Gasteiger partial charge is 0.146 e. The molecule has 0 aliphatic heterocycles. The summed E-state index contributed by atoms with van der Waals surface area (Å²) in [7, 11) is 3.77. The van der Waals surface area contributed by atoms with Crippen molar-refractivity contribution in [2.75, 3.05) is 19.0 Å². The number of benzene rings is 1. The Bertz CT molecular complexity index is 525. The first kappa shape index (κ1) is 13.5. The SMILES string of the molecule is CNCc1ccc(CN(C)c2ccccc2F)nc1. The van der Waals surface area contributed by atoms with Crippen molar-refractivity contribution in [1.29, 1.82) is 0 Å². The van der Waals surface area contributed by atoms with Crippen molar-refractivity contribution in [1.82, 2.24) is 10.3 Å². The first-order valence-electron chi connectivity index (χ1n) is 6.25. The molecule has 0 radical (unpaired) electrons. The number of aromatic nitrogens is 1. The summed E-state index contributed by atoms with van der Waals surface area (Å²) in [6.45, 7) is 1.39. The molecule has 1 aromatic carbocycles. The first-order valence-corrected chi connectivity index (χ1v) is 6.25. The molecule has 19 heavy (non-hydrogen) atoms. The van der Waals surface area contributed by atoms with E-state index in [0.29, 0.717) is 12.2 Å². The summed E-state index contributed by atoms with van der Waals surface area (Å²) < 4.78 is 13.6. The zero-order chi connectivity index (χ0) is 13.7. The maximum Gasteiger partial charge on any atom is 0.146 e. The molecule has 2 rings (SSSR count). The van der Waals surface area contributed by atoms with Crippen molar-refractivity contribution in [2.45, 2.75) is 13.1 Å². The Hall–Kier alpha value is -1.94. The van der Waals surface area contributed by atoms with Gasteiger partial charge in [0.25, 0.3) is 0 Å². The first-order chi connectivity index (χ1) is 9.20. The number of para-hydroxylation sites is 1. The summed E-state index contributed by atoms with van der Waals surface area (Å²) >= 11 is 0. The second kappa shape index (κ2) is 6.29. The fourth-order valence-corrected chi connectivity index (χ4v) is 1.95. The quantitative estimate of drug-likeness (QED) is 0.894. The minimum atomic E-state index is -0.211. The van der Waals surface area contributed by atoms with Gasteiger partial charge in [0.05, 0.1) is 17.9 Å².